The van der Waals surface area contributed by atoms with E-state index in [9.17, 15) is 4.79 Å². The average molecular weight is 365 g/mol. The number of amides is 1. The minimum atomic E-state index is -0.0456. The molecule has 0 spiro atoms. The Morgan fingerprint density at radius 1 is 1.11 bits per heavy atom. The number of hydrogen-bond donors (Lipinski definition) is 1. The fourth-order valence-electron chi connectivity index (χ4n) is 2.66. The lowest BCUT2D eigenvalue weighted by Gasteiger charge is -2.04. The van der Waals surface area contributed by atoms with Crippen molar-refractivity contribution in [2.24, 2.45) is 0 Å². The minimum absolute atomic E-state index is 0.0456. The Hall–Kier alpha value is -3.15. The first kappa shape index (κ1) is 18.6. The standard InChI is InChI=1S/C21H23N3O3/c1-3-15-7-9-16(10-8-15)11-12-19(25)22-14-20-23-24-21(27-20)17-5-4-6-18(13-17)26-2/h4-10,13H,3,11-12,14H2,1-2H3,(H,22,25). The number of aryl methyl sites for hydroxylation is 2. The molecule has 0 aliphatic heterocycles. The molecule has 6 nitrogen and oxygen atoms in total. The first-order valence-corrected chi connectivity index (χ1v) is 8.99. The molecule has 1 amide bonds. The zero-order valence-electron chi connectivity index (χ0n) is 15.6. The summed E-state index contributed by atoms with van der Waals surface area (Å²) in [5, 5.41) is 10.8. The molecule has 27 heavy (non-hydrogen) atoms. The molecule has 0 saturated carbocycles. The van der Waals surface area contributed by atoms with Crippen molar-refractivity contribution < 1.29 is 13.9 Å². The molecule has 0 atom stereocenters. The van der Waals surface area contributed by atoms with Gasteiger partial charge in [-0.1, -0.05) is 37.3 Å². The highest BCUT2D eigenvalue weighted by Crippen LogP contribution is 2.22. The van der Waals surface area contributed by atoms with Crippen LogP contribution < -0.4 is 10.1 Å². The van der Waals surface area contributed by atoms with Crippen molar-refractivity contribution in [3.63, 3.8) is 0 Å². The van der Waals surface area contributed by atoms with Gasteiger partial charge in [0, 0.05) is 12.0 Å². The van der Waals surface area contributed by atoms with E-state index >= 15 is 0 Å². The van der Waals surface area contributed by atoms with Gasteiger partial charge in [-0.3, -0.25) is 4.79 Å². The van der Waals surface area contributed by atoms with Crippen LogP contribution in [0.1, 0.15) is 30.4 Å². The summed E-state index contributed by atoms with van der Waals surface area (Å²) in [5.74, 6) is 1.44. The maximum Gasteiger partial charge on any atom is 0.247 e. The van der Waals surface area contributed by atoms with Crippen LogP contribution in [0.4, 0.5) is 0 Å². The molecule has 0 aliphatic carbocycles. The van der Waals surface area contributed by atoms with E-state index < -0.39 is 0 Å². The van der Waals surface area contributed by atoms with Gasteiger partial charge in [-0.05, 0) is 42.2 Å². The molecule has 140 valence electrons. The summed E-state index contributed by atoms with van der Waals surface area (Å²) in [7, 11) is 1.60. The third kappa shape index (κ3) is 5.17. The second-order valence-corrected chi connectivity index (χ2v) is 6.18. The molecule has 3 aromatic rings. The molecule has 1 aromatic heterocycles. The van der Waals surface area contributed by atoms with E-state index in [1.165, 1.54) is 5.56 Å². The Morgan fingerprint density at radius 3 is 2.63 bits per heavy atom. The summed E-state index contributed by atoms with van der Waals surface area (Å²) in [4.78, 5) is 12.1. The second kappa shape index (κ2) is 8.98. The summed E-state index contributed by atoms with van der Waals surface area (Å²) in [5.41, 5.74) is 3.22. The van der Waals surface area contributed by atoms with Crippen LogP contribution in [0.15, 0.2) is 52.9 Å². The van der Waals surface area contributed by atoms with Gasteiger partial charge >= 0.3 is 0 Å². The van der Waals surface area contributed by atoms with Crippen LogP contribution in [0, 0.1) is 0 Å². The molecule has 0 bridgehead atoms. The van der Waals surface area contributed by atoms with E-state index in [0.717, 1.165) is 17.5 Å². The third-order valence-corrected chi connectivity index (χ3v) is 4.29. The van der Waals surface area contributed by atoms with Gasteiger partial charge in [0.2, 0.25) is 17.7 Å². The van der Waals surface area contributed by atoms with Gasteiger partial charge in [0.25, 0.3) is 0 Å². The molecule has 0 radical (unpaired) electrons. The highest BCUT2D eigenvalue weighted by atomic mass is 16.5. The Morgan fingerprint density at radius 2 is 1.89 bits per heavy atom. The summed E-state index contributed by atoms with van der Waals surface area (Å²) >= 11 is 0. The lowest BCUT2D eigenvalue weighted by atomic mass is 10.1. The predicted molar refractivity (Wildman–Crippen MR) is 102 cm³/mol. The van der Waals surface area contributed by atoms with E-state index in [1.54, 1.807) is 7.11 Å². The lowest BCUT2D eigenvalue weighted by Crippen LogP contribution is -2.23. The molecule has 0 saturated heterocycles. The number of methoxy groups -OCH3 is 1. The second-order valence-electron chi connectivity index (χ2n) is 6.18. The van der Waals surface area contributed by atoms with Crippen LogP contribution in [-0.4, -0.2) is 23.2 Å². The maximum absolute atomic E-state index is 12.1. The van der Waals surface area contributed by atoms with Crippen molar-refractivity contribution in [1.82, 2.24) is 15.5 Å². The number of aromatic nitrogens is 2. The topological polar surface area (TPSA) is 77.2 Å². The number of carbonyl (C=O) groups is 1. The fraction of sp³-hybridized carbons (Fsp3) is 0.286. The van der Waals surface area contributed by atoms with E-state index in [2.05, 4.69) is 46.7 Å². The molecule has 0 aliphatic rings. The molecule has 0 fully saturated rings. The Bertz CT molecular complexity index is 888. The number of carbonyl (C=O) groups excluding carboxylic acids is 1. The van der Waals surface area contributed by atoms with E-state index in [0.29, 0.717) is 30.4 Å². The zero-order chi connectivity index (χ0) is 19.1. The first-order valence-electron chi connectivity index (χ1n) is 8.99. The monoisotopic (exact) mass is 365 g/mol. The fourth-order valence-corrected chi connectivity index (χ4v) is 2.66. The predicted octanol–water partition coefficient (Wildman–Crippen LogP) is 3.56. The smallest absolute Gasteiger partial charge is 0.247 e. The molecule has 2 aromatic carbocycles. The number of nitrogens with zero attached hydrogens (tertiary/aromatic N) is 2. The summed E-state index contributed by atoms with van der Waals surface area (Å²) < 4.78 is 10.8. The molecule has 3 rings (SSSR count). The van der Waals surface area contributed by atoms with Crippen molar-refractivity contribution in [1.29, 1.82) is 0 Å². The maximum atomic E-state index is 12.1. The quantitative estimate of drug-likeness (QED) is 0.660. The van der Waals surface area contributed by atoms with Crippen molar-refractivity contribution >= 4 is 5.91 Å². The zero-order valence-corrected chi connectivity index (χ0v) is 15.6. The van der Waals surface area contributed by atoms with Crippen LogP contribution in [0.3, 0.4) is 0 Å². The first-order chi connectivity index (χ1) is 13.2. The highest BCUT2D eigenvalue weighted by molar-refractivity contribution is 5.76. The van der Waals surface area contributed by atoms with Crippen molar-refractivity contribution in [2.45, 2.75) is 32.7 Å². The third-order valence-electron chi connectivity index (χ3n) is 4.29. The van der Waals surface area contributed by atoms with Gasteiger partial charge in [-0.25, -0.2) is 0 Å². The van der Waals surface area contributed by atoms with Crippen molar-refractivity contribution in [2.75, 3.05) is 7.11 Å². The summed E-state index contributed by atoms with van der Waals surface area (Å²) in [6.07, 6.45) is 2.14. The Kier molecular flexibility index (Phi) is 6.20. The minimum Gasteiger partial charge on any atom is -0.497 e. The van der Waals surface area contributed by atoms with Crippen molar-refractivity contribution in [3.8, 4) is 17.2 Å². The molecule has 1 heterocycles. The average Bonchev–Trinajstić information content (AvgIpc) is 3.20. The lowest BCUT2D eigenvalue weighted by molar-refractivity contribution is -0.121. The van der Waals surface area contributed by atoms with E-state index in [4.69, 9.17) is 9.15 Å². The SMILES string of the molecule is CCc1ccc(CCC(=O)NCc2nnc(-c3cccc(OC)c3)o2)cc1. The van der Waals surface area contributed by atoms with Crippen molar-refractivity contribution in [3.05, 3.63) is 65.5 Å². The largest absolute Gasteiger partial charge is 0.497 e. The summed E-state index contributed by atoms with van der Waals surface area (Å²) in [6.45, 7) is 2.34. The van der Waals surface area contributed by atoms with E-state index in [-0.39, 0.29) is 12.5 Å². The number of ether oxygens (including phenoxy) is 1. The molecule has 0 unspecified atom stereocenters. The molecular formula is C21H23N3O3. The van der Waals surface area contributed by atoms with Crippen LogP contribution >= 0.6 is 0 Å². The van der Waals surface area contributed by atoms with Gasteiger partial charge < -0.3 is 14.5 Å². The van der Waals surface area contributed by atoms with E-state index in [1.807, 2.05) is 24.3 Å². The van der Waals surface area contributed by atoms with Crippen LogP contribution in [0.25, 0.3) is 11.5 Å². The van der Waals surface area contributed by atoms with Gasteiger partial charge in [-0.2, -0.15) is 0 Å². The normalized spacial score (nSPS) is 10.6. The van der Waals surface area contributed by atoms with Crippen LogP contribution in [-0.2, 0) is 24.2 Å². The highest BCUT2D eigenvalue weighted by Gasteiger charge is 2.10. The molecule has 6 heteroatoms. The van der Waals surface area contributed by atoms with Gasteiger partial charge in [0.05, 0.1) is 13.7 Å². The van der Waals surface area contributed by atoms with Crippen LogP contribution in [0.5, 0.6) is 5.75 Å². The number of rotatable bonds is 8. The Balaban J connectivity index is 1.49. The number of hydrogen-bond acceptors (Lipinski definition) is 5. The number of nitrogens with one attached hydrogen (secondary N) is 1. The summed E-state index contributed by atoms with van der Waals surface area (Å²) in [6, 6.07) is 15.7. The van der Waals surface area contributed by atoms with Gasteiger partial charge in [0.15, 0.2) is 0 Å². The van der Waals surface area contributed by atoms with Gasteiger partial charge in [0.1, 0.15) is 5.75 Å². The number of benzene rings is 2. The molecule has 1 N–H and O–H groups in total. The van der Waals surface area contributed by atoms with Crippen LogP contribution in [0.2, 0.25) is 0 Å². The molecular weight excluding hydrogens is 342 g/mol. The Labute approximate surface area is 158 Å². The van der Waals surface area contributed by atoms with Gasteiger partial charge in [-0.15, -0.1) is 10.2 Å².